The number of aryl methyl sites for hydroxylation is 2. The summed E-state index contributed by atoms with van der Waals surface area (Å²) < 4.78 is 2.01. The highest BCUT2D eigenvalue weighted by molar-refractivity contribution is 5.80. The van der Waals surface area contributed by atoms with Crippen molar-refractivity contribution in [3.05, 3.63) is 51.1 Å². The molecule has 0 unspecified atom stereocenters. The van der Waals surface area contributed by atoms with E-state index in [2.05, 4.69) is 59.2 Å². The largest absolute Gasteiger partial charge is 0.396 e. The number of tetrazole rings is 1. The quantitative estimate of drug-likeness (QED) is 0.512. The van der Waals surface area contributed by atoms with Gasteiger partial charge >= 0.3 is 0 Å². The van der Waals surface area contributed by atoms with Crippen LogP contribution in [0.5, 0.6) is 0 Å². The molecule has 2 heterocycles. The van der Waals surface area contributed by atoms with E-state index < -0.39 is 0 Å². The van der Waals surface area contributed by atoms with Gasteiger partial charge in [0.05, 0.1) is 12.1 Å². The topological polar surface area (TPSA) is 99.9 Å². The minimum absolute atomic E-state index is 0.0537. The number of benzene rings is 1. The molecule has 2 N–H and O–H groups in total. The molecule has 178 valence electrons. The van der Waals surface area contributed by atoms with Crippen LogP contribution < -0.4 is 5.56 Å². The Balaban J connectivity index is 1.71. The molecule has 8 heteroatoms. The fraction of sp³-hybridized carbons (Fsp3) is 0.600. The first-order valence-electron chi connectivity index (χ1n) is 12.1. The lowest BCUT2D eigenvalue weighted by atomic mass is 9.99. The molecule has 1 aliphatic carbocycles. The Morgan fingerprint density at radius 1 is 1.18 bits per heavy atom. The minimum atomic E-state index is -0.0716. The van der Waals surface area contributed by atoms with Gasteiger partial charge in [-0.25, -0.2) is 4.68 Å². The molecule has 0 spiro atoms. The number of rotatable bonds is 9. The number of nitrogens with zero attached hydrogens (tertiary/aromatic N) is 5. The van der Waals surface area contributed by atoms with Crippen LogP contribution in [0.25, 0.3) is 10.9 Å². The molecule has 1 saturated carbocycles. The summed E-state index contributed by atoms with van der Waals surface area (Å²) in [6, 6.07) is 6.45. The Labute approximate surface area is 195 Å². The van der Waals surface area contributed by atoms with E-state index in [4.69, 9.17) is 0 Å². The van der Waals surface area contributed by atoms with Gasteiger partial charge in [0.2, 0.25) is 0 Å². The van der Waals surface area contributed by atoms with E-state index in [0.717, 1.165) is 35.1 Å². The number of nitrogens with one attached hydrogen (secondary N) is 1. The first kappa shape index (κ1) is 23.6. The van der Waals surface area contributed by atoms with Crippen LogP contribution in [0.1, 0.15) is 80.6 Å². The highest BCUT2D eigenvalue weighted by atomic mass is 16.3. The van der Waals surface area contributed by atoms with Gasteiger partial charge in [-0.1, -0.05) is 26.7 Å². The molecular weight excluding hydrogens is 416 g/mol. The normalized spacial score (nSPS) is 15.8. The molecule has 2 aromatic heterocycles. The summed E-state index contributed by atoms with van der Waals surface area (Å²) in [7, 11) is 0. The van der Waals surface area contributed by atoms with Gasteiger partial charge in [0.15, 0.2) is 5.82 Å². The van der Waals surface area contributed by atoms with Gasteiger partial charge in [-0.15, -0.1) is 5.10 Å². The third-order valence-electron chi connectivity index (χ3n) is 6.99. The Hall–Kier alpha value is -2.58. The van der Waals surface area contributed by atoms with Gasteiger partial charge in [-0.05, 0) is 84.2 Å². The predicted molar refractivity (Wildman–Crippen MR) is 129 cm³/mol. The van der Waals surface area contributed by atoms with Gasteiger partial charge in [-0.3, -0.25) is 9.69 Å². The Kier molecular flexibility index (Phi) is 7.24. The molecule has 8 nitrogen and oxygen atoms in total. The first-order valence-corrected chi connectivity index (χ1v) is 12.1. The molecule has 1 fully saturated rings. The van der Waals surface area contributed by atoms with Crippen LogP contribution in [-0.2, 0) is 6.54 Å². The van der Waals surface area contributed by atoms with E-state index in [1.165, 1.54) is 18.4 Å². The molecule has 0 aliphatic heterocycles. The van der Waals surface area contributed by atoms with Crippen molar-refractivity contribution in [3.8, 4) is 0 Å². The van der Waals surface area contributed by atoms with Gasteiger partial charge < -0.3 is 10.1 Å². The lowest BCUT2D eigenvalue weighted by Crippen LogP contribution is -2.37. The number of hydrogen-bond acceptors (Lipinski definition) is 6. The fourth-order valence-electron chi connectivity index (χ4n) is 5.14. The van der Waals surface area contributed by atoms with Crippen LogP contribution >= 0.6 is 0 Å². The lowest BCUT2D eigenvalue weighted by molar-refractivity contribution is 0.120. The molecule has 0 amide bonds. The maximum atomic E-state index is 13.0. The molecular formula is C25H36N6O2. The number of pyridine rings is 1. The SMILES string of the molecule is Cc1cc2cc(CN(CCCO)[C@@H](c3nnnn3C3CCCC3)C(C)C)c(=O)[nH]c2cc1C. The molecule has 0 bridgehead atoms. The van der Waals surface area contributed by atoms with Crippen molar-refractivity contribution in [2.24, 2.45) is 5.92 Å². The third-order valence-corrected chi connectivity index (χ3v) is 6.99. The fourth-order valence-corrected chi connectivity index (χ4v) is 5.14. The monoisotopic (exact) mass is 452 g/mol. The summed E-state index contributed by atoms with van der Waals surface area (Å²) in [5.41, 5.74) is 3.87. The molecule has 0 saturated heterocycles. The highest BCUT2D eigenvalue weighted by Gasteiger charge is 2.32. The zero-order valence-corrected chi connectivity index (χ0v) is 20.2. The maximum Gasteiger partial charge on any atom is 0.252 e. The number of aromatic nitrogens is 5. The molecule has 0 radical (unpaired) electrons. The predicted octanol–water partition coefficient (Wildman–Crippen LogP) is 3.83. The molecule has 4 rings (SSSR count). The summed E-state index contributed by atoms with van der Waals surface area (Å²) in [6.07, 6.45) is 5.23. The summed E-state index contributed by atoms with van der Waals surface area (Å²) in [5, 5.41) is 23.5. The second kappa shape index (κ2) is 10.1. The average molecular weight is 453 g/mol. The van der Waals surface area contributed by atoms with Crippen LogP contribution in [0.2, 0.25) is 0 Å². The molecule has 3 aromatic rings. The van der Waals surface area contributed by atoms with E-state index in [-0.39, 0.29) is 24.1 Å². The summed E-state index contributed by atoms with van der Waals surface area (Å²) >= 11 is 0. The van der Waals surface area contributed by atoms with Crippen LogP contribution in [0.15, 0.2) is 23.0 Å². The van der Waals surface area contributed by atoms with Gasteiger partial charge in [0.25, 0.3) is 5.56 Å². The number of H-pyrrole nitrogens is 1. The zero-order valence-electron chi connectivity index (χ0n) is 20.2. The van der Waals surface area contributed by atoms with E-state index in [1.54, 1.807) is 0 Å². The molecule has 1 aliphatic rings. The summed E-state index contributed by atoms with van der Waals surface area (Å²) in [4.78, 5) is 18.3. The molecule has 1 aromatic carbocycles. The Morgan fingerprint density at radius 2 is 1.91 bits per heavy atom. The number of aliphatic hydroxyl groups is 1. The van der Waals surface area contributed by atoms with Gasteiger partial charge in [-0.2, -0.15) is 0 Å². The number of hydrogen-bond donors (Lipinski definition) is 2. The first-order chi connectivity index (χ1) is 15.9. The second-order valence-corrected chi connectivity index (χ2v) is 9.80. The van der Waals surface area contributed by atoms with Crippen molar-refractivity contribution < 1.29 is 5.11 Å². The third kappa shape index (κ3) is 5.01. The standard InChI is InChI=1S/C25H36N6O2/c1-16(2)23(24-27-28-29-31(24)21-8-5-6-9-21)30(10-7-11-32)15-20-14-19-12-17(3)18(4)13-22(19)26-25(20)33/h12-14,16,21,23,32H,5-11,15H2,1-4H3,(H,26,33)/t23-/m1/s1. The van der Waals surface area contributed by atoms with E-state index in [0.29, 0.717) is 31.1 Å². The van der Waals surface area contributed by atoms with Crippen molar-refractivity contribution in [1.29, 1.82) is 0 Å². The van der Waals surface area contributed by atoms with Crippen LogP contribution in [0.3, 0.4) is 0 Å². The second-order valence-electron chi connectivity index (χ2n) is 9.80. The van der Waals surface area contributed by atoms with Crippen molar-refractivity contribution in [1.82, 2.24) is 30.1 Å². The Bertz CT molecular complexity index is 1150. The van der Waals surface area contributed by atoms with Gasteiger partial charge in [0.1, 0.15) is 0 Å². The van der Waals surface area contributed by atoms with Gasteiger partial charge in [0, 0.05) is 30.8 Å². The number of fused-ring (bicyclic) bond motifs is 1. The maximum absolute atomic E-state index is 13.0. The average Bonchev–Trinajstić information content (AvgIpc) is 3.45. The van der Waals surface area contributed by atoms with E-state index in [9.17, 15) is 9.90 Å². The Morgan fingerprint density at radius 3 is 2.61 bits per heavy atom. The minimum Gasteiger partial charge on any atom is -0.396 e. The van der Waals surface area contributed by atoms with E-state index in [1.807, 2.05) is 16.8 Å². The zero-order chi connectivity index (χ0) is 23.5. The molecule has 33 heavy (non-hydrogen) atoms. The summed E-state index contributed by atoms with van der Waals surface area (Å²) in [5.74, 6) is 1.10. The van der Waals surface area contributed by atoms with Crippen molar-refractivity contribution in [3.63, 3.8) is 0 Å². The van der Waals surface area contributed by atoms with Crippen molar-refractivity contribution in [2.45, 2.75) is 78.4 Å². The van der Waals surface area contributed by atoms with Crippen LogP contribution in [-0.4, -0.2) is 48.3 Å². The highest BCUT2D eigenvalue weighted by Crippen LogP contribution is 2.34. The van der Waals surface area contributed by atoms with E-state index >= 15 is 0 Å². The number of aliphatic hydroxyl groups excluding tert-OH is 1. The van der Waals surface area contributed by atoms with Crippen molar-refractivity contribution >= 4 is 10.9 Å². The lowest BCUT2D eigenvalue weighted by Gasteiger charge is -2.34. The molecule has 1 atom stereocenters. The van der Waals surface area contributed by atoms with Crippen LogP contribution in [0.4, 0.5) is 0 Å². The summed E-state index contributed by atoms with van der Waals surface area (Å²) in [6.45, 7) is 9.70. The van der Waals surface area contributed by atoms with Crippen molar-refractivity contribution in [2.75, 3.05) is 13.2 Å². The number of aromatic amines is 1. The smallest absolute Gasteiger partial charge is 0.252 e. The van der Waals surface area contributed by atoms with Crippen LogP contribution in [0, 0.1) is 19.8 Å².